The van der Waals surface area contributed by atoms with E-state index in [1.54, 1.807) is 0 Å². The Morgan fingerprint density at radius 2 is 2.14 bits per heavy atom. The number of fused-ring (bicyclic) bond motifs is 3. The molecule has 120 valence electrons. The van der Waals surface area contributed by atoms with Crippen molar-refractivity contribution in [2.24, 2.45) is 23.7 Å². The van der Waals surface area contributed by atoms with Gasteiger partial charge in [0.25, 0.3) is 0 Å². The molecule has 3 saturated heterocycles. The van der Waals surface area contributed by atoms with Gasteiger partial charge in [-0.2, -0.15) is 0 Å². The van der Waals surface area contributed by atoms with Crippen molar-refractivity contribution in [3.63, 3.8) is 0 Å². The zero-order valence-corrected chi connectivity index (χ0v) is 13.7. The number of nitrogens with zero attached hydrogens (tertiary/aromatic N) is 1. The third-order valence-electron chi connectivity index (χ3n) is 5.71. The number of likely N-dealkylation sites (tertiary alicyclic amines) is 1. The molecule has 0 saturated carbocycles. The van der Waals surface area contributed by atoms with Crippen molar-refractivity contribution < 1.29 is 9.53 Å². The predicted octanol–water partition coefficient (Wildman–Crippen LogP) is 1.89. The molecule has 3 rings (SSSR count). The fraction of sp³-hybridized carbons (Fsp3) is 0.941. The van der Waals surface area contributed by atoms with Gasteiger partial charge < -0.3 is 15.0 Å². The van der Waals surface area contributed by atoms with Crippen molar-refractivity contribution in [1.82, 2.24) is 10.2 Å². The fourth-order valence-corrected chi connectivity index (χ4v) is 4.66. The highest BCUT2D eigenvalue weighted by molar-refractivity contribution is 5.80. The molecular weight excluding hydrogens is 264 g/mol. The minimum atomic E-state index is 0.0910. The van der Waals surface area contributed by atoms with Crippen LogP contribution in [-0.4, -0.2) is 49.7 Å². The van der Waals surface area contributed by atoms with E-state index in [0.29, 0.717) is 36.3 Å². The van der Waals surface area contributed by atoms with Gasteiger partial charge in [-0.15, -0.1) is 0 Å². The molecule has 3 heterocycles. The third-order valence-corrected chi connectivity index (χ3v) is 5.71. The average molecular weight is 294 g/mol. The number of hydrogen-bond donors (Lipinski definition) is 1. The van der Waals surface area contributed by atoms with Gasteiger partial charge in [-0.05, 0) is 50.0 Å². The maximum atomic E-state index is 12.5. The zero-order valence-electron chi connectivity index (χ0n) is 13.7. The molecule has 0 unspecified atom stereocenters. The van der Waals surface area contributed by atoms with Crippen LogP contribution in [0.2, 0.25) is 0 Å². The summed E-state index contributed by atoms with van der Waals surface area (Å²) in [5, 5.41) is 3.73. The molecule has 4 heteroatoms. The summed E-state index contributed by atoms with van der Waals surface area (Å²) in [5.41, 5.74) is 0. The van der Waals surface area contributed by atoms with Gasteiger partial charge in [0.2, 0.25) is 5.91 Å². The molecule has 3 aliphatic heterocycles. The monoisotopic (exact) mass is 294 g/mol. The van der Waals surface area contributed by atoms with Gasteiger partial charge in [0.1, 0.15) is 0 Å². The summed E-state index contributed by atoms with van der Waals surface area (Å²) in [7, 11) is 1.94. The lowest BCUT2D eigenvalue weighted by Crippen LogP contribution is -2.53. The highest BCUT2D eigenvalue weighted by atomic mass is 16.5. The van der Waals surface area contributed by atoms with Crippen molar-refractivity contribution in [1.29, 1.82) is 0 Å². The quantitative estimate of drug-likeness (QED) is 0.845. The molecule has 0 radical (unpaired) electrons. The molecule has 0 spiro atoms. The summed E-state index contributed by atoms with van der Waals surface area (Å²) in [6, 6.07) is 0.451. The molecule has 1 amide bonds. The van der Waals surface area contributed by atoms with Crippen LogP contribution in [0.4, 0.5) is 0 Å². The first-order chi connectivity index (χ1) is 10.1. The standard InChI is InChI=1S/C17H30N2O2/c1-11(2)9-15-16-13(5-4-7-18-16)12-6-8-19(3)17(20)14(12)10-21-15/h11-16,18H,4-10H2,1-3H3/t12-,13+,14+,15-,16-/m0/s1. The number of carbonyl (C=O) groups excluding carboxylic acids is 1. The second-order valence-electron chi connectivity index (χ2n) is 7.61. The molecule has 3 aliphatic rings. The number of piperidine rings is 2. The largest absolute Gasteiger partial charge is 0.376 e. The van der Waals surface area contributed by atoms with E-state index in [2.05, 4.69) is 19.2 Å². The van der Waals surface area contributed by atoms with E-state index in [1.807, 2.05) is 11.9 Å². The molecule has 0 aliphatic carbocycles. The minimum absolute atomic E-state index is 0.0910. The van der Waals surface area contributed by atoms with E-state index in [4.69, 9.17) is 4.74 Å². The van der Waals surface area contributed by atoms with Gasteiger partial charge in [0.05, 0.1) is 18.6 Å². The average Bonchev–Trinajstić information content (AvgIpc) is 2.61. The molecule has 5 atom stereocenters. The van der Waals surface area contributed by atoms with E-state index in [-0.39, 0.29) is 12.0 Å². The summed E-state index contributed by atoms with van der Waals surface area (Å²) < 4.78 is 6.26. The van der Waals surface area contributed by atoms with Gasteiger partial charge in [0.15, 0.2) is 0 Å². The van der Waals surface area contributed by atoms with E-state index < -0.39 is 0 Å². The summed E-state index contributed by atoms with van der Waals surface area (Å²) in [4.78, 5) is 14.4. The maximum absolute atomic E-state index is 12.5. The van der Waals surface area contributed by atoms with Crippen LogP contribution in [0.15, 0.2) is 0 Å². The van der Waals surface area contributed by atoms with Crippen LogP contribution in [-0.2, 0) is 9.53 Å². The Bertz CT molecular complexity index is 385. The van der Waals surface area contributed by atoms with Gasteiger partial charge in [0, 0.05) is 19.6 Å². The number of rotatable bonds is 2. The number of nitrogens with one attached hydrogen (secondary N) is 1. The Hall–Kier alpha value is -0.610. The zero-order chi connectivity index (χ0) is 15.0. The van der Waals surface area contributed by atoms with Crippen LogP contribution in [0.25, 0.3) is 0 Å². The van der Waals surface area contributed by atoms with Crippen molar-refractivity contribution >= 4 is 5.91 Å². The summed E-state index contributed by atoms with van der Waals surface area (Å²) >= 11 is 0. The van der Waals surface area contributed by atoms with Gasteiger partial charge in [-0.25, -0.2) is 0 Å². The fourth-order valence-electron chi connectivity index (χ4n) is 4.66. The van der Waals surface area contributed by atoms with Crippen molar-refractivity contribution in [3.05, 3.63) is 0 Å². The first-order valence-electron chi connectivity index (χ1n) is 8.68. The van der Waals surface area contributed by atoms with Gasteiger partial charge in [-0.3, -0.25) is 4.79 Å². The summed E-state index contributed by atoms with van der Waals surface area (Å²) in [6.45, 7) is 7.17. The summed E-state index contributed by atoms with van der Waals surface area (Å²) in [6.07, 6.45) is 5.01. The number of ether oxygens (including phenoxy) is 1. The lowest BCUT2D eigenvalue weighted by molar-refractivity contribution is -0.143. The lowest BCUT2D eigenvalue weighted by atomic mass is 9.70. The maximum Gasteiger partial charge on any atom is 0.228 e. The first-order valence-corrected chi connectivity index (χ1v) is 8.68. The Kier molecular flexibility index (Phi) is 4.55. The van der Waals surface area contributed by atoms with Crippen LogP contribution in [0.5, 0.6) is 0 Å². The second kappa shape index (κ2) is 6.25. The first kappa shape index (κ1) is 15.3. The molecule has 3 fully saturated rings. The normalized spacial score (nSPS) is 40.7. The highest BCUT2D eigenvalue weighted by Gasteiger charge is 2.47. The molecule has 0 aromatic rings. The Balaban J connectivity index is 1.83. The van der Waals surface area contributed by atoms with E-state index >= 15 is 0 Å². The van der Waals surface area contributed by atoms with Crippen molar-refractivity contribution in [2.75, 3.05) is 26.7 Å². The van der Waals surface area contributed by atoms with Crippen LogP contribution in [0.1, 0.15) is 39.5 Å². The SMILES string of the molecule is CC(C)C[C@@H]1OC[C@H]2C(=O)N(C)CC[C@H]2[C@H]2CCCN[C@@H]21. The Morgan fingerprint density at radius 1 is 1.33 bits per heavy atom. The van der Waals surface area contributed by atoms with Crippen molar-refractivity contribution in [2.45, 2.75) is 51.7 Å². The van der Waals surface area contributed by atoms with Gasteiger partial charge >= 0.3 is 0 Å². The van der Waals surface area contributed by atoms with Crippen LogP contribution in [0, 0.1) is 23.7 Å². The number of hydrogen-bond acceptors (Lipinski definition) is 3. The highest BCUT2D eigenvalue weighted by Crippen LogP contribution is 2.41. The second-order valence-corrected chi connectivity index (χ2v) is 7.61. The van der Waals surface area contributed by atoms with E-state index in [9.17, 15) is 4.79 Å². The Labute approximate surface area is 128 Å². The smallest absolute Gasteiger partial charge is 0.228 e. The lowest BCUT2D eigenvalue weighted by Gasteiger charge is -2.43. The number of carbonyl (C=O) groups is 1. The Morgan fingerprint density at radius 3 is 2.90 bits per heavy atom. The van der Waals surface area contributed by atoms with E-state index in [1.165, 1.54) is 12.8 Å². The van der Waals surface area contributed by atoms with E-state index in [0.717, 1.165) is 25.9 Å². The predicted molar refractivity (Wildman–Crippen MR) is 82.9 cm³/mol. The van der Waals surface area contributed by atoms with Crippen LogP contribution in [0.3, 0.4) is 0 Å². The summed E-state index contributed by atoms with van der Waals surface area (Å²) in [5.74, 6) is 2.17. The van der Waals surface area contributed by atoms with Crippen LogP contribution >= 0.6 is 0 Å². The molecule has 4 nitrogen and oxygen atoms in total. The molecule has 0 bridgehead atoms. The third kappa shape index (κ3) is 2.98. The van der Waals surface area contributed by atoms with Crippen molar-refractivity contribution in [3.8, 4) is 0 Å². The number of amides is 1. The van der Waals surface area contributed by atoms with Crippen LogP contribution < -0.4 is 5.32 Å². The van der Waals surface area contributed by atoms with Gasteiger partial charge in [-0.1, -0.05) is 13.8 Å². The molecule has 0 aromatic carbocycles. The molecular formula is C17H30N2O2. The minimum Gasteiger partial charge on any atom is -0.376 e. The topological polar surface area (TPSA) is 41.6 Å². The molecule has 21 heavy (non-hydrogen) atoms. The molecule has 0 aromatic heterocycles. The molecule has 1 N–H and O–H groups in total.